The number of urea groups is 1. The van der Waals surface area contributed by atoms with Crippen LogP contribution < -0.4 is 10.6 Å². The molecular weight excluding hydrogens is 296 g/mol. The summed E-state index contributed by atoms with van der Waals surface area (Å²) in [4.78, 5) is 12.5. The van der Waals surface area contributed by atoms with Crippen LogP contribution in [0.1, 0.15) is 63.5 Å². The molecule has 2 rings (SSSR count). The largest absolute Gasteiger partial charge is 0.323 e. The molecule has 2 amide bonds. The number of carbonyl (C=O) groups is 1. The van der Waals surface area contributed by atoms with Gasteiger partial charge in [-0.25, -0.2) is 4.79 Å². The highest BCUT2D eigenvalue weighted by Gasteiger charge is 2.13. The van der Waals surface area contributed by atoms with Gasteiger partial charge in [0.15, 0.2) is 0 Å². The van der Waals surface area contributed by atoms with E-state index in [9.17, 15) is 4.79 Å². The normalized spacial score (nSPS) is 13.2. The van der Waals surface area contributed by atoms with Crippen molar-refractivity contribution < 1.29 is 4.79 Å². The Kier molecular flexibility index (Phi) is 6.42. The molecule has 0 spiro atoms. The Hall–Kier alpha value is -2.29. The Balaban J connectivity index is 2.16. The maximum atomic E-state index is 12.5. The van der Waals surface area contributed by atoms with E-state index in [-0.39, 0.29) is 6.03 Å². The van der Waals surface area contributed by atoms with E-state index >= 15 is 0 Å². The quantitative estimate of drug-likeness (QED) is 0.638. The summed E-state index contributed by atoms with van der Waals surface area (Å²) in [6.45, 7) is 8.67. The van der Waals surface area contributed by atoms with E-state index in [0.29, 0.717) is 11.8 Å². The van der Waals surface area contributed by atoms with E-state index in [0.717, 1.165) is 24.2 Å². The van der Waals surface area contributed by atoms with Crippen molar-refractivity contribution in [1.29, 1.82) is 0 Å². The molecular formula is C21H28N2O. The fourth-order valence-electron chi connectivity index (χ4n) is 2.80. The summed E-state index contributed by atoms with van der Waals surface area (Å²) in [6, 6.07) is 15.8. The molecule has 0 aliphatic rings. The molecule has 0 unspecified atom stereocenters. The molecule has 0 aliphatic carbocycles. The van der Waals surface area contributed by atoms with Gasteiger partial charge in [-0.05, 0) is 47.9 Å². The van der Waals surface area contributed by atoms with Gasteiger partial charge < -0.3 is 10.6 Å². The van der Waals surface area contributed by atoms with Gasteiger partial charge in [-0.15, -0.1) is 0 Å². The first-order valence-corrected chi connectivity index (χ1v) is 8.82. The fraction of sp³-hybridized carbons (Fsp3) is 0.381. The van der Waals surface area contributed by atoms with Crippen molar-refractivity contribution in [3.05, 3.63) is 59.7 Å². The molecule has 2 aromatic carbocycles. The molecule has 128 valence electrons. The number of nitrogens with one attached hydrogen (secondary N) is 2. The lowest BCUT2D eigenvalue weighted by atomic mass is 9.96. The zero-order valence-electron chi connectivity index (χ0n) is 15.1. The van der Waals surface area contributed by atoms with Crippen molar-refractivity contribution in [3.63, 3.8) is 0 Å². The fourth-order valence-corrected chi connectivity index (χ4v) is 2.80. The predicted octanol–water partition coefficient (Wildman–Crippen LogP) is 6.36. The first kappa shape index (κ1) is 18.1. The second-order valence-electron chi connectivity index (χ2n) is 6.37. The molecule has 0 saturated heterocycles. The van der Waals surface area contributed by atoms with Crippen molar-refractivity contribution in [2.24, 2.45) is 0 Å². The second kappa shape index (κ2) is 8.53. The van der Waals surface area contributed by atoms with Crippen LogP contribution in [0.15, 0.2) is 48.5 Å². The second-order valence-corrected chi connectivity index (χ2v) is 6.37. The van der Waals surface area contributed by atoms with Crippen molar-refractivity contribution in [2.45, 2.75) is 52.4 Å². The molecule has 0 heterocycles. The number of hydrogen-bond acceptors (Lipinski definition) is 1. The number of benzene rings is 2. The van der Waals surface area contributed by atoms with Crippen LogP contribution >= 0.6 is 0 Å². The maximum Gasteiger partial charge on any atom is 0.323 e. The average Bonchev–Trinajstić information content (AvgIpc) is 2.61. The highest BCUT2D eigenvalue weighted by Crippen LogP contribution is 2.28. The van der Waals surface area contributed by atoms with Gasteiger partial charge in [-0.1, -0.05) is 64.1 Å². The third kappa shape index (κ3) is 4.38. The molecule has 0 radical (unpaired) electrons. The predicted molar refractivity (Wildman–Crippen MR) is 103 cm³/mol. The van der Waals surface area contributed by atoms with Crippen LogP contribution in [0.3, 0.4) is 0 Å². The van der Waals surface area contributed by atoms with E-state index in [4.69, 9.17) is 0 Å². The zero-order valence-corrected chi connectivity index (χ0v) is 15.1. The minimum Gasteiger partial charge on any atom is -0.307 e. The molecule has 0 fully saturated rings. The summed E-state index contributed by atoms with van der Waals surface area (Å²) < 4.78 is 0. The summed E-state index contributed by atoms with van der Waals surface area (Å²) in [6.07, 6.45) is 2.08. The van der Waals surface area contributed by atoms with Crippen molar-refractivity contribution in [3.8, 4) is 0 Å². The lowest BCUT2D eigenvalue weighted by Crippen LogP contribution is -2.21. The Morgan fingerprint density at radius 2 is 1.17 bits per heavy atom. The van der Waals surface area contributed by atoms with Crippen LogP contribution in [0, 0.1) is 0 Å². The molecule has 0 aromatic heterocycles. The van der Waals surface area contributed by atoms with Gasteiger partial charge in [0, 0.05) is 11.4 Å². The van der Waals surface area contributed by atoms with Gasteiger partial charge in [-0.3, -0.25) is 0 Å². The zero-order chi connectivity index (χ0) is 17.5. The van der Waals surface area contributed by atoms with Crippen molar-refractivity contribution in [1.82, 2.24) is 0 Å². The Morgan fingerprint density at radius 3 is 1.54 bits per heavy atom. The molecule has 2 aromatic rings. The highest BCUT2D eigenvalue weighted by molar-refractivity contribution is 6.00. The third-order valence-corrected chi connectivity index (χ3v) is 4.70. The first-order chi connectivity index (χ1) is 11.6. The van der Waals surface area contributed by atoms with Gasteiger partial charge in [0.2, 0.25) is 0 Å². The number of hydrogen-bond donors (Lipinski definition) is 2. The molecule has 0 saturated carbocycles. The third-order valence-electron chi connectivity index (χ3n) is 4.70. The summed E-state index contributed by atoms with van der Waals surface area (Å²) >= 11 is 0. The molecule has 2 atom stereocenters. The number of amides is 2. The van der Waals surface area contributed by atoms with E-state index in [1.54, 1.807) is 0 Å². The SMILES string of the molecule is CC[C@@H](C)c1ccccc1NC(=O)Nc1ccccc1[C@@H](C)CC. The topological polar surface area (TPSA) is 41.1 Å². The van der Waals surface area contributed by atoms with Crippen LogP contribution in [0.4, 0.5) is 16.2 Å². The maximum absolute atomic E-state index is 12.5. The van der Waals surface area contributed by atoms with Crippen LogP contribution in [0.5, 0.6) is 0 Å². The van der Waals surface area contributed by atoms with Crippen LogP contribution in [0.2, 0.25) is 0 Å². The van der Waals surface area contributed by atoms with E-state index in [1.807, 2.05) is 36.4 Å². The van der Waals surface area contributed by atoms with Crippen LogP contribution in [0.25, 0.3) is 0 Å². The molecule has 0 bridgehead atoms. The van der Waals surface area contributed by atoms with Gasteiger partial charge in [0.25, 0.3) is 0 Å². The van der Waals surface area contributed by atoms with Gasteiger partial charge >= 0.3 is 6.03 Å². The van der Waals surface area contributed by atoms with Gasteiger partial charge in [-0.2, -0.15) is 0 Å². The van der Waals surface area contributed by atoms with Crippen molar-refractivity contribution in [2.75, 3.05) is 10.6 Å². The highest BCUT2D eigenvalue weighted by atomic mass is 16.2. The van der Waals surface area contributed by atoms with Crippen molar-refractivity contribution >= 4 is 17.4 Å². The minimum absolute atomic E-state index is 0.193. The smallest absolute Gasteiger partial charge is 0.307 e. The lowest BCUT2D eigenvalue weighted by molar-refractivity contribution is 0.262. The molecule has 3 heteroatoms. The Morgan fingerprint density at radius 1 is 0.792 bits per heavy atom. The molecule has 2 N–H and O–H groups in total. The number of anilines is 2. The molecule has 3 nitrogen and oxygen atoms in total. The average molecular weight is 324 g/mol. The van der Waals surface area contributed by atoms with Crippen LogP contribution in [-0.4, -0.2) is 6.03 Å². The van der Waals surface area contributed by atoms with E-state index in [2.05, 4.69) is 50.5 Å². The lowest BCUT2D eigenvalue weighted by Gasteiger charge is -2.18. The van der Waals surface area contributed by atoms with E-state index in [1.165, 1.54) is 11.1 Å². The standard InChI is InChI=1S/C21H28N2O/c1-5-15(3)17-11-7-9-13-19(17)22-21(24)23-20-14-10-8-12-18(20)16(4)6-2/h7-16H,5-6H2,1-4H3,(H2,22,23,24)/t15-,16+. The number of carbonyl (C=O) groups excluding carboxylic acids is 1. The summed E-state index contributed by atoms with van der Waals surface area (Å²) in [5.74, 6) is 0.822. The van der Waals surface area contributed by atoms with Crippen LogP contribution in [-0.2, 0) is 0 Å². The minimum atomic E-state index is -0.193. The van der Waals surface area contributed by atoms with Gasteiger partial charge in [0.05, 0.1) is 0 Å². The first-order valence-electron chi connectivity index (χ1n) is 8.82. The Labute approximate surface area is 145 Å². The summed E-state index contributed by atoms with van der Waals surface area (Å²) in [5, 5.41) is 6.02. The molecule has 0 aliphatic heterocycles. The van der Waals surface area contributed by atoms with E-state index < -0.39 is 0 Å². The van der Waals surface area contributed by atoms with Gasteiger partial charge in [0.1, 0.15) is 0 Å². The summed E-state index contributed by atoms with van der Waals surface area (Å²) in [5.41, 5.74) is 4.10. The molecule has 24 heavy (non-hydrogen) atoms. The summed E-state index contributed by atoms with van der Waals surface area (Å²) in [7, 11) is 0. The number of rotatable bonds is 6. The number of para-hydroxylation sites is 2. The Bertz CT molecular complexity index is 624. The monoisotopic (exact) mass is 324 g/mol.